The standard InChI is InChI=1S/C21H30N2O3/c1-25-19-14-17(15-20(16-19)26-2)21(24)8-9-22-10-12-23(13-11-22)18-6-4-3-5-7-18/h8-9,14-16,18H,3-7,10-13H2,1-2H3. The Kier molecular flexibility index (Phi) is 6.56. The van der Waals surface area contributed by atoms with Crippen LogP contribution in [0.1, 0.15) is 42.5 Å². The molecule has 2 aliphatic rings. The van der Waals surface area contributed by atoms with Gasteiger partial charge >= 0.3 is 0 Å². The Morgan fingerprint density at radius 1 is 0.962 bits per heavy atom. The summed E-state index contributed by atoms with van der Waals surface area (Å²) in [7, 11) is 3.18. The molecule has 1 aliphatic carbocycles. The normalized spacial score (nSPS) is 19.7. The fourth-order valence-corrected chi connectivity index (χ4v) is 3.92. The van der Waals surface area contributed by atoms with Crippen molar-refractivity contribution in [3.63, 3.8) is 0 Å². The van der Waals surface area contributed by atoms with Crippen molar-refractivity contribution in [2.24, 2.45) is 0 Å². The molecule has 1 aromatic rings. The topological polar surface area (TPSA) is 42.0 Å². The van der Waals surface area contributed by atoms with Crippen molar-refractivity contribution in [2.45, 2.75) is 38.1 Å². The highest BCUT2D eigenvalue weighted by Gasteiger charge is 2.24. The van der Waals surface area contributed by atoms with Gasteiger partial charge in [0.05, 0.1) is 14.2 Å². The zero-order chi connectivity index (χ0) is 18.4. The summed E-state index contributed by atoms with van der Waals surface area (Å²) < 4.78 is 10.5. The minimum absolute atomic E-state index is 0.0306. The Hall–Kier alpha value is -2.01. The molecule has 5 nitrogen and oxygen atoms in total. The van der Waals surface area contributed by atoms with E-state index in [1.807, 2.05) is 6.20 Å². The van der Waals surface area contributed by atoms with Crippen molar-refractivity contribution < 1.29 is 14.3 Å². The Balaban J connectivity index is 1.54. The third kappa shape index (κ3) is 4.79. The van der Waals surface area contributed by atoms with Gasteiger partial charge in [-0.05, 0) is 25.0 Å². The predicted octanol–water partition coefficient (Wildman–Crippen LogP) is 3.35. The minimum Gasteiger partial charge on any atom is -0.497 e. The molecule has 0 amide bonds. The van der Waals surface area contributed by atoms with Gasteiger partial charge in [0, 0.05) is 56.1 Å². The highest BCUT2D eigenvalue weighted by molar-refractivity contribution is 6.05. The monoisotopic (exact) mass is 358 g/mol. The molecule has 142 valence electrons. The molecule has 2 fully saturated rings. The van der Waals surface area contributed by atoms with E-state index in [4.69, 9.17) is 9.47 Å². The maximum atomic E-state index is 12.5. The summed E-state index contributed by atoms with van der Waals surface area (Å²) in [4.78, 5) is 17.4. The lowest BCUT2D eigenvalue weighted by Crippen LogP contribution is -2.49. The third-order valence-corrected chi connectivity index (χ3v) is 5.51. The van der Waals surface area contributed by atoms with Crippen LogP contribution in [0.15, 0.2) is 30.5 Å². The molecule has 1 heterocycles. The second-order valence-electron chi connectivity index (χ2n) is 7.15. The van der Waals surface area contributed by atoms with Crippen molar-refractivity contribution in [3.05, 3.63) is 36.0 Å². The molecule has 5 heteroatoms. The quantitative estimate of drug-likeness (QED) is 0.576. The van der Waals surface area contributed by atoms with Gasteiger partial charge in [-0.25, -0.2) is 0 Å². The molecule has 0 bridgehead atoms. The largest absolute Gasteiger partial charge is 0.497 e. The maximum Gasteiger partial charge on any atom is 0.187 e. The van der Waals surface area contributed by atoms with Crippen LogP contribution < -0.4 is 9.47 Å². The van der Waals surface area contributed by atoms with E-state index in [9.17, 15) is 4.79 Å². The van der Waals surface area contributed by atoms with Gasteiger partial charge in [0.2, 0.25) is 0 Å². The highest BCUT2D eigenvalue weighted by Crippen LogP contribution is 2.24. The summed E-state index contributed by atoms with van der Waals surface area (Å²) in [6, 6.07) is 6.04. The number of hydrogen-bond donors (Lipinski definition) is 0. The molecule has 1 aromatic carbocycles. The van der Waals surface area contributed by atoms with Crippen LogP contribution in [0.25, 0.3) is 0 Å². The average molecular weight is 358 g/mol. The van der Waals surface area contributed by atoms with Crippen LogP contribution in [-0.4, -0.2) is 62.0 Å². The van der Waals surface area contributed by atoms with E-state index in [0.29, 0.717) is 17.1 Å². The first-order valence-corrected chi connectivity index (χ1v) is 9.63. The third-order valence-electron chi connectivity index (χ3n) is 5.51. The molecule has 1 saturated carbocycles. The van der Waals surface area contributed by atoms with Gasteiger partial charge in [0.1, 0.15) is 11.5 Å². The van der Waals surface area contributed by atoms with Crippen LogP contribution in [0.2, 0.25) is 0 Å². The fourth-order valence-electron chi connectivity index (χ4n) is 3.92. The number of carbonyl (C=O) groups excluding carboxylic acids is 1. The van der Waals surface area contributed by atoms with E-state index in [1.165, 1.54) is 32.1 Å². The van der Waals surface area contributed by atoms with E-state index in [2.05, 4.69) is 9.80 Å². The van der Waals surface area contributed by atoms with E-state index >= 15 is 0 Å². The molecule has 0 atom stereocenters. The molecule has 0 radical (unpaired) electrons. The number of ether oxygens (including phenoxy) is 2. The molecule has 1 saturated heterocycles. The van der Waals surface area contributed by atoms with E-state index < -0.39 is 0 Å². The highest BCUT2D eigenvalue weighted by atomic mass is 16.5. The SMILES string of the molecule is COc1cc(OC)cc(C(=O)C=CN2CCN(C3CCCCC3)CC2)c1. The lowest BCUT2D eigenvalue weighted by atomic mass is 9.94. The number of piperazine rings is 1. The van der Waals surface area contributed by atoms with Crippen LogP contribution >= 0.6 is 0 Å². The molecule has 0 unspecified atom stereocenters. The summed E-state index contributed by atoms with van der Waals surface area (Å²) in [5.74, 6) is 1.22. The Morgan fingerprint density at radius 2 is 1.58 bits per heavy atom. The number of nitrogens with zero attached hydrogens (tertiary/aromatic N) is 2. The van der Waals surface area contributed by atoms with Gasteiger partial charge in [-0.2, -0.15) is 0 Å². The maximum absolute atomic E-state index is 12.5. The number of hydrogen-bond acceptors (Lipinski definition) is 5. The molecule has 0 N–H and O–H groups in total. The Morgan fingerprint density at radius 3 is 2.15 bits per heavy atom. The van der Waals surface area contributed by atoms with Crippen LogP contribution in [-0.2, 0) is 0 Å². The van der Waals surface area contributed by atoms with Crippen molar-refractivity contribution >= 4 is 5.78 Å². The zero-order valence-corrected chi connectivity index (χ0v) is 15.9. The lowest BCUT2D eigenvalue weighted by Gasteiger charge is -2.40. The minimum atomic E-state index is -0.0306. The zero-order valence-electron chi connectivity index (χ0n) is 15.9. The van der Waals surface area contributed by atoms with E-state index in [1.54, 1.807) is 38.5 Å². The number of allylic oxidation sites excluding steroid dienone is 1. The van der Waals surface area contributed by atoms with Crippen molar-refractivity contribution in [1.82, 2.24) is 9.80 Å². The number of methoxy groups -OCH3 is 2. The van der Waals surface area contributed by atoms with Crippen LogP contribution in [0, 0.1) is 0 Å². The Labute approximate surface area is 156 Å². The number of rotatable bonds is 6. The molecule has 0 aromatic heterocycles. The van der Waals surface area contributed by atoms with Crippen LogP contribution in [0.5, 0.6) is 11.5 Å². The summed E-state index contributed by atoms with van der Waals surface area (Å²) in [5.41, 5.74) is 0.582. The van der Waals surface area contributed by atoms with E-state index in [0.717, 1.165) is 32.2 Å². The first-order chi connectivity index (χ1) is 12.7. The van der Waals surface area contributed by atoms with Gasteiger partial charge in [-0.1, -0.05) is 19.3 Å². The van der Waals surface area contributed by atoms with Crippen molar-refractivity contribution in [2.75, 3.05) is 40.4 Å². The number of benzene rings is 1. The average Bonchev–Trinajstić information content (AvgIpc) is 2.72. The van der Waals surface area contributed by atoms with Gasteiger partial charge < -0.3 is 14.4 Å². The molecule has 3 rings (SSSR count). The van der Waals surface area contributed by atoms with Crippen molar-refractivity contribution in [3.8, 4) is 11.5 Å². The molecular formula is C21H30N2O3. The first kappa shape index (κ1) is 18.8. The molecule has 0 spiro atoms. The second kappa shape index (κ2) is 9.08. The smallest absolute Gasteiger partial charge is 0.187 e. The fraction of sp³-hybridized carbons (Fsp3) is 0.571. The number of ketones is 1. The van der Waals surface area contributed by atoms with Gasteiger partial charge in [-0.3, -0.25) is 9.69 Å². The summed E-state index contributed by atoms with van der Waals surface area (Å²) in [6.07, 6.45) is 10.5. The van der Waals surface area contributed by atoms with Crippen molar-refractivity contribution in [1.29, 1.82) is 0 Å². The van der Waals surface area contributed by atoms with Gasteiger partial charge in [0.15, 0.2) is 5.78 Å². The predicted molar refractivity (Wildman–Crippen MR) is 103 cm³/mol. The first-order valence-electron chi connectivity index (χ1n) is 9.63. The molecule has 1 aliphatic heterocycles. The summed E-state index contributed by atoms with van der Waals surface area (Å²) in [5, 5.41) is 0. The second-order valence-corrected chi connectivity index (χ2v) is 7.15. The van der Waals surface area contributed by atoms with Gasteiger partial charge in [0.25, 0.3) is 0 Å². The Bertz CT molecular complexity index is 608. The van der Waals surface area contributed by atoms with E-state index in [-0.39, 0.29) is 5.78 Å². The van der Waals surface area contributed by atoms with Gasteiger partial charge in [-0.15, -0.1) is 0 Å². The number of carbonyl (C=O) groups is 1. The molecular weight excluding hydrogens is 328 g/mol. The van der Waals surface area contributed by atoms with Crippen LogP contribution in [0.4, 0.5) is 0 Å². The van der Waals surface area contributed by atoms with Crippen LogP contribution in [0.3, 0.4) is 0 Å². The lowest BCUT2D eigenvalue weighted by molar-refractivity contribution is 0.0977. The molecule has 26 heavy (non-hydrogen) atoms. The summed E-state index contributed by atoms with van der Waals surface area (Å²) in [6.45, 7) is 4.16. The summed E-state index contributed by atoms with van der Waals surface area (Å²) >= 11 is 0.